The standard InChI is InChI=1S/C15H18N2O6S/c1-4-22-15(20)10-7-24-13-12(10)14(19)17(8-16-13)5-11(18)23-9(2)6-21-3/h7-9H,4-6H2,1-3H3. The lowest BCUT2D eigenvalue weighted by Crippen LogP contribution is -2.29. The van der Waals surface area contributed by atoms with Crippen LogP contribution >= 0.6 is 11.3 Å². The highest BCUT2D eigenvalue weighted by atomic mass is 32.1. The number of rotatable bonds is 7. The largest absolute Gasteiger partial charge is 0.462 e. The lowest BCUT2D eigenvalue weighted by molar-refractivity contribution is -0.151. The minimum atomic E-state index is -0.587. The first kappa shape index (κ1) is 18.1. The Kier molecular flexibility index (Phi) is 6.04. The molecule has 9 heteroatoms. The van der Waals surface area contributed by atoms with E-state index in [1.807, 2.05) is 0 Å². The normalized spacial score (nSPS) is 12.1. The molecule has 0 aliphatic rings. The van der Waals surface area contributed by atoms with Crippen molar-refractivity contribution in [1.29, 1.82) is 0 Å². The van der Waals surface area contributed by atoms with Gasteiger partial charge in [0, 0.05) is 12.5 Å². The van der Waals surface area contributed by atoms with Gasteiger partial charge in [0.25, 0.3) is 5.56 Å². The Hall–Kier alpha value is -2.26. The maximum atomic E-state index is 12.6. The van der Waals surface area contributed by atoms with Crippen molar-refractivity contribution in [3.05, 3.63) is 27.6 Å². The molecule has 0 N–H and O–H groups in total. The van der Waals surface area contributed by atoms with Gasteiger partial charge in [-0.3, -0.25) is 14.2 Å². The zero-order valence-electron chi connectivity index (χ0n) is 13.6. The number of hydrogen-bond donors (Lipinski definition) is 0. The van der Waals surface area contributed by atoms with Crippen LogP contribution in [0.4, 0.5) is 0 Å². The molecule has 0 radical (unpaired) electrons. The molecule has 8 nitrogen and oxygen atoms in total. The fourth-order valence-electron chi connectivity index (χ4n) is 2.11. The molecule has 0 aromatic carbocycles. The zero-order chi connectivity index (χ0) is 17.7. The third-order valence-electron chi connectivity index (χ3n) is 3.09. The van der Waals surface area contributed by atoms with Crippen molar-refractivity contribution in [2.75, 3.05) is 20.3 Å². The first-order valence-corrected chi connectivity index (χ1v) is 8.18. The highest BCUT2D eigenvalue weighted by molar-refractivity contribution is 7.17. The summed E-state index contributed by atoms with van der Waals surface area (Å²) in [6.45, 7) is 3.53. The number of thiophene rings is 1. The van der Waals surface area contributed by atoms with E-state index in [1.165, 1.54) is 30.2 Å². The maximum absolute atomic E-state index is 12.6. The summed E-state index contributed by atoms with van der Waals surface area (Å²) in [7, 11) is 1.50. The number of ether oxygens (including phenoxy) is 3. The fraction of sp³-hybridized carbons (Fsp3) is 0.467. The molecule has 1 unspecified atom stereocenters. The van der Waals surface area contributed by atoms with Crippen molar-refractivity contribution in [3.8, 4) is 0 Å². The van der Waals surface area contributed by atoms with Crippen LogP contribution in [0, 0.1) is 0 Å². The van der Waals surface area contributed by atoms with Crippen LogP contribution in [0.1, 0.15) is 24.2 Å². The minimum Gasteiger partial charge on any atom is -0.462 e. The molecule has 0 amide bonds. The average molecular weight is 354 g/mol. The van der Waals surface area contributed by atoms with Gasteiger partial charge in [-0.15, -0.1) is 11.3 Å². The zero-order valence-corrected chi connectivity index (χ0v) is 14.4. The SMILES string of the molecule is CCOC(=O)c1csc2ncn(CC(=O)OC(C)COC)c(=O)c12. The molecule has 130 valence electrons. The monoisotopic (exact) mass is 354 g/mol. The molecule has 2 aromatic heterocycles. The molecular formula is C15H18N2O6S. The molecule has 0 spiro atoms. The van der Waals surface area contributed by atoms with Crippen LogP contribution in [0.25, 0.3) is 10.2 Å². The van der Waals surface area contributed by atoms with Crippen LogP contribution in [0.2, 0.25) is 0 Å². The van der Waals surface area contributed by atoms with E-state index >= 15 is 0 Å². The summed E-state index contributed by atoms with van der Waals surface area (Å²) < 4.78 is 16.0. The third kappa shape index (κ3) is 3.98. The summed E-state index contributed by atoms with van der Waals surface area (Å²) in [4.78, 5) is 40.9. The third-order valence-corrected chi connectivity index (χ3v) is 3.98. The lowest BCUT2D eigenvalue weighted by Gasteiger charge is -2.12. The molecule has 0 saturated heterocycles. The second-order valence-electron chi connectivity index (χ2n) is 4.98. The van der Waals surface area contributed by atoms with Gasteiger partial charge in [-0.2, -0.15) is 0 Å². The van der Waals surface area contributed by atoms with E-state index in [1.54, 1.807) is 13.8 Å². The molecule has 1 atom stereocenters. The lowest BCUT2D eigenvalue weighted by atomic mass is 10.2. The number of carbonyl (C=O) groups is 2. The van der Waals surface area contributed by atoms with E-state index in [4.69, 9.17) is 14.2 Å². The number of aromatic nitrogens is 2. The van der Waals surface area contributed by atoms with Crippen molar-refractivity contribution >= 4 is 33.5 Å². The summed E-state index contributed by atoms with van der Waals surface area (Å²) in [6, 6.07) is 0. The van der Waals surface area contributed by atoms with E-state index in [0.29, 0.717) is 4.83 Å². The summed E-state index contributed by atoms with van der Waals surface area (Å²) in [5.41, 5.74) is -0.328. The van der Waals surface area contributed by atoms with Crippen molar-refractivity contribution in [2.45, 2.75) is 26.5 Å². The van der Waals surface area contributed by atoms with E-state index in [2.05, 4.69) is 4.98 Å². The molecule has 24 heavy (non-hydrogen) atoms. The maximum Gasteiger partial charge on any atom is 0.339 e. The highest BCUT2D eigenvalue weighted by Crippen LogP contribution is 2.21. The summed E-state index contributed by atoms with van der Waals surface area (Å²) in [5, 5.41) is 1.68. The molecule has 0 aliphatic heterocycles. The topological polar surface area (TPSA) is 96.7 Å². The van der Waals surface area contributed by atoms with Crippen molar-refractivity contribution in [1.82, 2.24) is 9.55 Å². The second kappa shape index (κ2) is 8.02. The number of methoxy groups -OCH3 is 1. The minimum absolute atomic E-state index is 0.152. The van der Waals surface area contributed by atoms with E-state index in [0.717, 1.165) is 4.57 Å². The second-order valence-corrected chi connectivity index (χ2v) is 5.84. The summed E-state index contributed by atoms with van der Waals surface area (Å²) >= 11 is 1.17. The van der Waals surface area contributed by atoms with Gasteiger partial charge in [-0.1, -0.05) is 0 Å². The summed E-state index contributed by atoms with van der Waals surface area (Å²) in [5.74, 6) is -1.17. The van der Waals surface area contributed by atoms with E-state index in [-0.39, 0.29) is 30.7 Å². The Morgan fingerprint density at radius 3 is 2.83 bits per heavy atom. The Morgan fingerprint density at radius 2 is 2.17 bits per heavy atom. The van der Waals surface area contributed by atoms with Gasteiger partial charge < -0.3 is 14.2 Å². The first-order chi connectivity index (χ1) is 11.5. The van der Waals surface area contributed by atoms with Gasteiger partial charge in [0.15, 0.2) is 0 Å². The first-order valence-electron chi connectivity index (χ1n) is 7.30. The van der Waals surface area contributed by atoms with Gasteiger partial charge in [0.1, 0.15) is 17.5 Å². The van der Waals surface area contributed by atoms with Crippen LogP contribution in [0.15, 0.2) is 16.5 Å². The Morgan fingerprint density at radius 1 is 1.42 bits per heavy atom. The van der Waals surface area contributed by atoms with Gasteiger partial charge in [0.2, 0.25) is 0 Å². The predicted octanol–water partition coefficient (Wildman–Crippen LogP) is 1.21. The quantitative estimate of drug-likeness (QED) is 0.690. The van der Waals surface area contributed by atoms with Gasteiger partial charge in [0.05, 0.1) is 30.5 Å². The highest BCUT2D eigenvalue weighted by Gasteiger charge is 2.19. The molecule has 2 heterocycles. The van der Waals surface area contributed by atoms with Crippen LogP contribution < -0.4 is 5.56 Å². The van der Waals surface area contributed by atoms with Crippen molar-refractivity contribution in [3.63, 3.8) is 0 Å². The van der Waals surface area contributed by atoms with Crippen LogP contribution in [0.3, 0.4) is 0 Å². The van der Waals surface area contributed by atoms with Crippen LogP contribution in [-0.4, -0.2) is 47.9 Å². The predicted molar refractivity (Wildman–Crippen MR) is 87.3 cm³/mol. The van der Waals surface area contributed by atoms with Gasteiger partial charge >= 0.3 is 11.9 Å². The number of hydrogen-bond acceptors (Lipinski definition) is 8. The van der Waals surface area contributed by atoms with Gasteiger partial charge in [-0.25, -0.2) is 9.78 Å². The molecule has 0 fully saturated rings. The Balaban J connectivity index is 2.27. The number of fused-ring (bicyclic) bond motifs is 1. The number of nitrogens with zero attached hydrogens (tertiary/aromatic N) is 2. The average Bonchev–Trinajstić information content (AvgIpc) is 2.95. The van der Waals surface area contributed by atoms with Gasteiger partial charge in [-0.05, 0) is 13.8 Å². The van der Waals surface area contributed by atoms with E-state index < -0.39 is 23.6 Å². The fourth-order valence-corrected chi connectivity index (χ4v) is 2.98. The Labute approximate surface area is 142 Å². The van der Waals surface area contributed by atoms with Crippen molar-refractivity contribution in [2.24, 2.45) is 0 Å². The molecule has 2 aromatic rings. The van der Waals surface area contributed by atoms with Crippen LogP contribution in [0.5, 0.6) is 0 Å². The van der Waals surface area contributed by atoms with E-state index in [9.17, 15) is 14.4 Å². The molecule has 0 bridgehead atoms. The number of carbonyl (C=O) groups excluding carboxylic acids is 2. The molecular weight excluding hydrogens is 336 g/mol. The Bertz CT molecular complexity index is 797. The smallest absolute Gasteiger partial charge is 0.339 e. The number of esters is 2. The van der Waals surface area contributed by atoms with Crippen LogP contribution in [-0.2, 0) is 25.5 Å². The molecule has 2 rings (SSSR count). The molecule has 0 saturated carbocycles. The van der Waals surface area contributed by atoms with Crippen molar-refractivity contribution < 1.29 is 23.8 Å². The summed E-state index contributed by atoms with van der Waals surface area (Å²) in [6.07, 6.45) is 0.837. The molecule has 0 aliphatic carbocycles.